The molecule has 0 aliphatic rings. The van der Waals surface area contributed by atoms with Crippen molar-refractivity contribution < 1.29 is 19.1 Å². The van der Waals surface area contributed by atoms with Crippen LogP contribution in [-0.4, -0.2) is 40.6 Å². The second kappa shape index (κ2) is 12.0. The summed E-state index contributed by atoms with van der Waals surface area (Å²) in [5.74, 6) is -1.49. The van der Waals surface area contributed by atoms with Gasteiger partial charge in [-0.3, -0.25) is 9.59 Å². The number of unbranched alkanes of at least 4 members (excludes halogenated alkanes) is 1. The summed E-state index contributed by atoms with van der Waals surface area (Å²) in [6, 6.07) is 0. The van der Waals surface area contributed by atoms with Crippen LogP contribution in [0.5, 0.6) is 0 Å². The fourth-order valence-electron chi connectivity index (χ4n) is 3.69. The van der Waals surface area contributed by atoms with Crippen molar-refractivity contribution in [3.8, 4) is 0 Å². The minimum absolute atomic E-state index is 0.283. The van der Waals surface area contributed by atoms with E-state index in [-0.39, 0.29) is 17.9 Å². The second-order valence-corrected chi connectivity index (χ2v) is 9.52. The zero-order chi connectivity index (χ0) is 24.5. The van der Waals surface area contributed by atoms with Crippen LogP contribution in [0.3, 0.4) is 0 Å². The summed E-state index contributed by atoms with van der Waals surface area (Å²) in [7, 11) is 1.39. The Kier molecular flexibility index (Phi) is 10.3. The van der Waals surface area contributed by atoms with Gasteiger partial charge in [0.2, 0.25) is 0 Å². The van der Waals surface area contributed by atoms with E-state index in [4.69, 9.17) is 9.47 Å². The van der Waals surface area contributed by atoms with Crippen molar-refractivity contribution in [3.63, 3.8) is 0 Å². The lowest BCUT2D eigenvalue weighted by atomic mass is 9.69. The Morgan fingerprint density at radius 1 is 1.16 bits per heavy atom. The van der Waals surface area contributed by atoms with Gasteiger partial charge in [0.25, 0.3) is 0 Å². The maximum absolute atomic E-state index is 13.3. The molecule has 0 aliphatic carbocycles. The zero-order valence-electron chi connectivity index (χ0n) is 21.3. The van der Waals surface area contributed by atoms with Gasteiger partial charge in [-0.2, -0.15) is 0 Å². The number of hydrogen-bond acceptors (Lipinski definition) is 6. The van der Waals surface area contributed by atoms with Gasteiger partial charge in [-0.05, 0) is 52.0 Å². The monoisotopic (exact) mass is 447 g/mol. The number of aromatic nitrogens is 3. The Morgan fingerprint density at radius 3 is 2.38 bits per heavy atom. The Hall–Kier alpha value is -2.44. The Bertz CT molecular complexity index is 821. The van der Waals surface area contributed by atoms with Crippen LogP contribution >= 0.6 is 0 Å². The van der Waals surface area contributed by atoms with Crippen molar-refractivity contribution in [2.45, 2.75) is 80.2 Å². The van der Waals surface area contributed by atoms with E-state index >= 15 is 0 Å². The van der Waals surface area contributed by atoms with Crippen molar-refractivity contribution in [2.75, 3.05) is 13.7 Å². The molecule has 0 aromatic carbocycles. The third-order valence-electron chi connectivity index (χ3n) is 6.37. The first kappa shape index (κ1) is 27.6. The van der Waals surface area contributed by atoms with E-state index < -0.39 is 16.9 Å². The summed E-state index contributed by atoms with van der Waals surface area (Å²) in [6.07, 6.45) is 9.85. The molecule has 32 heavy (non-hydrogen) atoms. The van der Waals surface area contributed by atoms with E-state index in [0.717, 1.165) is 24.2 Å². The fraction of sp³-hybridized carbons (Fsp3) is 0.680. The first-order chi connectivity index (χ1) is 14.9. The molecule has 0 saturated heterocycles. The predicted molar refractivity (Wildman–Crippen MR) is 127 cm³/mol. The fourth-order valence-corrected chi connectivity index (χ4v) is 3.69. The molecule has 0 radical (unpaired) electrons. The minimum Gasteiger partial charge on any atom is -0.469 e. The van der Waals surface area contributed by atoms with Crippen molar-refractivity contribution in [2.24, 2.45) is 17.3 Å². The maximum Gasteiger partial charge on any atom is 0.311 e. The molecule has 0 fully saturated rings. The van der Waals surface area contributed by atoms with Crippen LogP contribution in [0.4, 0.5) is 0 Å². The van der Waals surface area contributed by atoms with E-state index in [0.29, 0.717) is 13.0 Å². The SMILES string of the molecule is C/C=C\C=C/c1nnn(C(C)(C)C(CC(C)(C)C(C)C(=O)OC)C(=O)OCCCC)c1C. The van der Waals surface area contributed by atoms with Crippen molar-refractivity contribution in [1.82, 2.24) is 15.0 Å². The molecule has 0 amide bonds. The second-order valence-electron chi connectivity index (χ2n) is 9.52. The molecule has 7 heteroatoms. The van der Waals surface area contributed by atoms with Crippen LogP contribution in [0, 0.1) is 24.2 Å². The molecule has 1 aromatic rings. The highest BCUT2D eigenvalue weighted by Gasteiger charge is 2.45. The van der Waals surface area contributed by atoms with Gasteiger partial charge in [0.15, 0.2) is 0 Å². The van der Waals surface area contributed by atoms with Gasteiger partial charge in [-0.15, -0.1) is 5.10 Å². The lowest BCUT2D eigenvalue weighted by Gasteiger charge is -2.40. The van der Waals surface area contributed by atoms with Gasteiger partial charge in [-0.1, -0.05) is 57.6 Å². The molecule has 0 bridgehead atoms. The number of nitrogens with zero attached hydrogens (tertiary/aromatic N) is 3. The summed E-state index contributed by atoms with van der Waals surface area (Å²) < 4.78 is 12.4. The van der Waals surface area contributed by atoms with Gasteiger partial charge < -0.3 is 9.47 Å². The summed E-state index contributed by atoms with van der Waals surface area (Å²) in [6.45, 7) is 16.1. The van der Waals surface area contributed by atoms with Crippen molar-refractivity contribution in [3.05, 3.63) is 29.6 Å². The van der Waals surface area contributed by atoms with Crippen molar-refractivity contribution >= 4 is 18.0 Å². The highest BCUT2D eigenvalue weighted by Crippen LogP contribution is 2.41. The van der Waals surface area contributed by atoms with Crippen LogP contribution in [0.1, 0.15) is 79.1 Å². The van der Waals surface area contributed by atoms with Gasteiger partial charge in [0.1, 0.15) is 5.69 Å². The number of rotatable bonds is 12. The normalized spacial score (nSPS) is 14.7. The summed E-state index contributed by atoms with van der Waals surface area (Å²) in [5.41, 5.74) is 0.389. The van der Waals surface area contributed by atoms with Gasteiger partial charge in [0.05, 0.1) is 36.8 Å². The van der Waals surface area contributed by atoms with Crippen molar-refractivity contribution in [1.29, 1.82) is 0 Å². The first-order valence-corrected chi connectivity index (χ1v) is 11.4. The number of methoxy groups -OCH3 is 1. The van der Waals surface area contributed by atoms with Crippen LogP contribution in [-0.2, 0) is 24.6 Å². The number of ether oxygens (including phenoxy) is 2. The minimum atomic E-state index is -0.722. The number of hydrogen-bond donors (Lipinski definition) is 0. The molecular formula is C25H41N3O4. The lowest BCUT2D eigenvalue weighted by Crippen LogP contribution is -2.46. The summed E-state index contributed by atoms with van der Waals surface area (Å²) in [4.78, 5) is 25.5. The van der Waals surface area contributed by atoms with Gasteiger partial charge in [-0.25, -0.2) is 4.68 Å². The highest BCUT2D eigenvalue weighted by atomic mass is 16.5. The molecule has 180 valence electrons. The molecule has 0 saturated carbocycles. The average Bonchev–Trinajstić information content (AvgIpc) is 3.12. The topological polar surface area (TPSA) is 83.3 Å². The van der Waals surface area contributed by atoms with E-state index in [2.05, 4.69) is 17.2 Å². The molecule has 7 nitrogen and oxygen atoms in total. The van der Waals surface area contributed by atoms with E-state index in [9.17, 15) is 9.59 Å². The highest BCUT2D eigenvalue weighted by molar-refractivity contribution is 5.75. The predicted octanol–water partition coefficient (Wildman–Crippen LogP) is 5.10. The lowest BCUT2D eigenvalue weighted by molar-refractivity contribution is -0.158. The van der Waals surface area contributed by atoms with Gasteiger partial charge >= 0.3 is 11.9 Å². The molecule has 0 aliphatic heterocycles. The van der Waals surface area contributed by atoms with Crippen LogP contribution in [0.25, 0.3) is 6.08 Å². The number of allylic oxidation sites excluding steroid dienone is 3. The molecule has 2 atom stereocenters. The van der Waals surface area contributed by atoms with Gasteiger partial charge in [0, 0.05) is 0 Å². The molecule has 2 unspecified atom stereocenters. The zero-order valence-corrected chi connectivity index (χ0v) is 21.3. The number of carbonyl (C=O) groups is 2. The Labute approximate surface area is 193 Å². The number of esters is 2. The number of carbonyl (C=O) groups excluding carboxylic acids is 2. The molecule has 0 N–H and O–H groups in total. The van der Waals surface area contributed by atoms with Crippen LogP contribution in [0.2, 0.25) is 0 Å². The molecule has 1 heterocycles. The smallest absolute Gasteiger partial charge is 0.311 e. The third-order valence-corrected chi connectivity index (χ3v) is 6.37. The molecule has 1 aromatic heterocycles. The van der Waals surface area contributed by atoms with Crippen LogP contribution in [0.15, 0.2) is 18.2 Å². The Morgan fingerprint density at radius 2 is 1.81 bits per heavy atom. The first-order valence-electron chi connectivity index (χ1n) is 11.4. The van der Waals surface area contributed by atoms with E-state index in [1.807, 2.05) is 72.8 Å². The van der Waals surface area contributed by atoms with E-state index in [1.54, 1.807) is 4.68 Å². The third kappa shape index (κ3) is 6.78. The average molecular weight is 448 g/mol. The summed E-state index contributed by atoms with van der Waals surface area (Å²) >= 11 is 0. The van der Waals surface area contributed by atoms with Crippen LogP contribution < -0.4 is 0 Å². The standard InChI is InChI=1S/C25H41N3O4/c1-10-12-14-15-21-19(4)28(27-26-21)25(7,8)20(23(30)32-16-13-11-2)17-24(5,6)18(3)22(29)31-9/h10,12,14-15,18,20H,11,13,16-17H2,1-9H3/b12-10-,15-14-. The largest absolute Gasteiger partial charge is 0.469 e. The molecular weight excluding hydrogens is 406 g/mol. The maximum atomic E-state index is 13.3. The quantitative estimate of drug-likeness (QED) is 0.252. The summed E-state index contributed by atoms with van der Waals surface area (Å²) in [5, 5.41) is 8.69. The molecule has 0 spiro atoms. The van der Waals surface area contributed by atoms with E-state index in [1.165, 1.54) is 7.11 Å². The molecule has 1 rings (SSSR count). The Balaban J connectivity index is 3.36.